The van der Waals surface area contributed by atoms with E-state index in [-0.39, 0.29) is 0 Å². The van der Waals surface area contributed by atoms with Crippen molar-refractivity contribution in [3.8, 4) is 5.75 Å². The molecule has 5 nitrogen and oxygen atoms in total. The molecule has 0 spiro atoms. The maximum Gasteiger partial charge on any atom is 0.206 e. The van der Waals surface area contributed by atoms with Gasteiger partial charge in [-0.15, -0.1) is 0 Å². The van der Waals surface area contributed by atoms with Crippen molar-refractivity contribution in [2.45, 2.75) is 34.6 Å². The first-order valence-electron chi connectivity index (χ1n) is 8.99. The number of nitrogens with zero attached hydrogens (tertiary/aromatic N) is 1. The maximum absolute atomic E-state index is 13.1. The van der Waals surface area contributed by atoms with Gasteiger partial charge in [0.15, 0.2) is 0 Å². The van der Waals surface area contributed by atoms with Crippen molar-refractivity contribution in [1.29, 1.82) is 0 Å². The second-order valence-corrected chi connectivity index (χ2v) is 8.96. The SMILES string of the molecule is COc1ccc(S(=O)(=O)c2ccc3c(c2)[C@@H]2CCNCCC2N3C)cc1. The molecule has 1 N–H and O–H groups in total. The van der Waals surface area contributed by atoms with Gasteiger partial charge in [0.05, 0.1) is 16.9 Å². The zero-order valence-electron chi connectivity index (χ0n) is 15.1. The monoisotopic (exact) mass is 372 g/mol. The minimum Gasteiger partial charge on any atom is -0.497 e. The standard InChI is InChI=1S/C20H24N2O3S/c1-22-19-8-7-16(13-18(19)17-9-11-21-12-10-20(17)22)26(23,24)15-5-3-14(25-2)4-6-15/h3-8,13,17,20-21H,9-12H2,1-2H3/t17-,20?/m0/s1. The zero-order valence-corrected chi connectivity index (χ0v) is 15.9. The van der Waals surface area contributed by atoms with Crippen molar-refractivity contribution in [2.24, 2.45) is 0 Å². The maximum atomic E-state index is 13.1. The number of rotatable bonds is 3. The smallest absolute Gasteiger partial charge is 0.206 e. The fourth-order valence-corrected chi connectivity index (χ4v) is 5.54. The van der Waals surface area contributed by atoms with Crippen LogP contribution in [0.1, 0.15) is 24.3 Å². The van der Waals surface area contributed by atoms with Gasteiger partial charge in [-0.05, 0) is 74.0 Å². The summed E-state index contributed by atoms with van der Waals surface area (Å²) in [6.45, 7) is 1.99. The molecule has 2 aromatic rings. The van der Waals surface area contributed by atoms with Crippen molar-refractivity contribution >= 4 is 15.5 Å². The highest BCUT2D eigenvalue weighted by molar-refractivity contribution is 7.91. The fourth-order valence-electron chi connectivity index (χ4n) is 4.24. The van der Waals surface area contributed by atoms with Gasteiger partial charge in [-0.1, -0.05) is 0 Å². The fraction of sp³-hybridized carbons (Fsp3) is 0.400. The average molecular weight is 372 g/mol. The third kappa shape index (κ3) is 2.77. The number of methoxy groups -OCH3 is 1. The molecule has 0 radical (unpaired) electrons. The van der Waals surface area contributed by atoms with Crippen LogP contribution in [0.5, 0.6) is 5.75 Å². The van der Waals surface area contributed by atoms with E-state index in [4.69, 9.17) is 4.74 Å². The zero-order chi connectivity index (χ0) is 18.3. The van der Waals surface area contributed by atoms with E-state index in [0.29, 0.717) is 27.5 Å². The van der Waals surface area contributed by atoms with Crippen LogP contribution in [0, 0.1) is 0 Å². The number of ether oxygens (including phenoxy) is 1. The molecular formula is C20H24N2O3S. The number of hydrogen-bond acceptors (Lipinski definition) is 5. The van der Waals surface area contributed by atoms with Gasteiger partial charge in [0.1, 0.15) is 5.75 Å². The number of nitrogens with one attached hydrogen (secondary N) is 1. The first kappa shape index (κ1) is 17.4. The van der Waals surface area contributed by atoms with E-state index < -0.39 is 9.84 Å². The number of likely N-dealkylation sites (N-methyl/N-ethyl adjacent to an activating group) is 1. The summed E-state index contributed by atoms with van der Waals surface area (Å²) in [6, 6.07) is 12.6. The normalized spacial score (nSPS) is 22.5. The van der Waals surface area contributed by atoms with Crippen LogP contribution in [0.15, 0.2) is 52.3 Å². The Balaban J connectivity index is 1.74. The second kappa shape index (κ2) is 6.59. The van der Waals surface area contributed by atoms with Crippen molar-refractivity contribution in [3.63, 3.8) is 0 Å². The molecule has 2 aliphatic rings. The van der Waals surface area contributed by atoms with Crippen LogP contribution in [0.3, 0.4) is 0 Å². The summed E-state index contributed by atoms with van der Waals surface area (Å²) in [5, 5.41) is 3.45. The molecule has 26 heavy (non-hydrogen) atoms. The molecule has 0 aromatic heterocycles. The van der Waals surface area contributed by atoms with Gasteiger partial charge in [0, 0.05) is 24.7 Å². The van der Waals surface area contributed by atoms with Crippen LogP contribution in [0.4, 0.5) is 5.69 Å². The highest BCUT2D eigenvalue weighted by Gasteiger charge is 2.37. The Bertz CT molecular complexity index is 909. The van der Waals surface area contributed by atoms with Gasteiger partial charge < -0.3 is 15.0 Å². The van der Waals surface area contributed by atoms with E-state index in [1.165, 1.54) is 0 Å². The third-order valence-corrected chi connectivity index (χ3v) is 7.44. The van der Waals surface area contributed by atoms with Gasteiger partial charge in [-0.2, -0.15) is 0 Å². The van der Waals surface area contributed by atoms with E-state index in [0.717, 1.165) is 37.2 Å². The first-order valence-corrected chi connectivity index (χ1v) is 10.5. The Morgan fingerprint density at radius 1 is 1.04 bits per heavy atom. The second-order valence-electron chi connectivity index (χ2n) is 7.01. The first-order chi connectivity index (χ1) is 12.5. The van der Waals surface area contributed by atoms with Gasteiger partial charge >= 0.3 is 0 Å². The van der Waals surface area contributed by atoms with Gasteiger partial charge in [0.25, 0.3) is 0 Å². The van der Waals surface area contributed by atoms with E-state index >= 15 is 0 Å². The van der Waals surface area contributed by atoms with Crippen LogP contribution in [0.2, 0.25) is 0 Å². The van der Waals surface area contributed by atoms with Crippen LogP contribution < -0.4 is 15.0 Å². The van der Waals surface area contributed by atoms with Crippen molar-refractivity contribution in [3.05, 3.63) is 48.0 Å². The summed E-state index contributed by atoms with van der Waals surface area (Å²) in [6.07, 6.45) is 2.12. The molecule has 1 unspecified atom stereocenters. The molecule has 2 heterocycles. The van der Waals surface area contributed by atoms with Crippen LogP contribution in [-0.4, -0.2) is 41.7 Å². The highest BCUT2D eigenvalue weighted by Crippen LogP contribution is 2.44. The molecule has 1 saturated heterocycles. The Hall–Kier alpha value is -2.05. The quantitative estimate of drug-likeness (QED) is 0.898. The predicted octanol–water partition coefficient (Wildman–Crippen LogP) is 2.81. The molecule has 6 heteroatoms. The highest BCUT2D eigenvalue weighted by atomic mass is 32.2. The summed E-state index contributed by atoms with van der Waals surface area (Å²) < 4.78 is 31.3. The van der Waals surface area contributed by atoms with E-state index in [1.807, 2.05) is 12.1 Å². The lowest BCUT2D eigenvalue weighted by atomic mass is 9.91. The average Bonchev–Trinajstić information content (AvgIpc) is 2.83. The Morgan fingerprint density at radius 3 is 2.46 bits per heavy atom. The topological polar surface area (TPSA) is 58.6 Å². The Labute approximate surface area is 154 Å². The lowest BCUT2D eigenvalue weighted by Crippen LogP contribution is -2.30. The van der Waals surface area contributed by atoms with Crippen molar-refractivity contribution in [2.75, 3.05) is 32.1 Å². The lowest BCUT2D eigenvalue weighted by molar-refractivity contribution is 0.414. The molecule has 1 fully saturated rings. The number of anilines is 1. The van der Waals surface area contributed by atoms with Crippen molar-refractivity contribution < 1.29 is 13.2 Å². The third-order valence-electron chi connectivity index (χ3n) is 5.67. The van der Waals surface area contributed by atoms with Crippen molar-refractivity contribution in [1.82, 2.24) is 5.32 Å². The van der Waals surface area contributed by atoms with Gasteiger partial charge in [-0.25, -0.2) is 8.42 Å². The van der Waals surface area contributed by atoms with E-state index in [1.54, 1.807) is 37.4 Å². The summed E-state index contributed by atoms with van der Waals surface area (Å²) in [5.74, 6) is 1.03. The molecule has 0 bridgehead atoms. The predicted molar refractivity (Wildman–Crippen MR) is 102 cm³/mol. The summed E-state index contributed by atoms with van der Waals surface area (Å²) in [4.78, 5) is 2.98. The minimum absolute atomic E-state index is 0.295. The molecule has 0 amide bonds. The number of hydrogen-bond donors (Lipinski definition) is 1. The Kier molecular flexibility index (Phi) is 4.40. The molecule has 138 valence electrons. The van der Waals surface area contributed by atoms with Crippen LogP contribution in [-0.2, 0) is 9.84 Å². The minimum atomic E-state index is -3.54. The molecular weight excluding hydrogens is 348 g/mol. The number of benzene rings is 2. The molecule has 2 aromatic carbocycles. The molecule has 0 aliphatic carbocycles. The van der Waals surface area contributed by atoms with Crippen LogP contribution in [0.25, 0.3) is 0 Å². The Morgan fingerprint density at radius 2 is 1.73 bits per heavy atom. The van der Waals surface area contributed by atoms with Gasteiger partial charge in [-0.3, -0.25) is 0 Å². The summed E-state index contributed by atoms with van der Waals surface area (Å²) >= 11 is 0. The van der Waals surface area contributed by atoms with E-state index in [2.05, 4.69) is 17.3 Å². The largest absolute Gasteiger partial charge is 0.497 e. The number of fused-ring (bicyclic) bond motifs is 3. The molecule has 2 aliphatic heterocycles. The summed E-state index contributed by atoms with van der Waals surface area (Å²) in [7, 11) is 0.146. The van der Waals surface area contributed by atoms with E-state index in [9.17, 15) is 8.42 Å². The number of sulfone groups is 1. The van der Waals surface area contributed by atoms with Gasteiger partial charge in [0.2, 0.25) is 9.84 Å². The molecule has 2 atom stereocenters. The van der Waals surface area contributed by atoms with Crippen LogP contribution >= 0.6 is 0 Å². The molecule has 4 rings (SSSR count). The lowest BCUT2D eigenvalue weighted by Gasteiger charge is -2.24. The summed E-state index contributed by atoms with van der Waals surface area (Å²) in [5.41, 5.74) is 2.33. The molecule has 0 saturated carbocycles.